The van der Waals surface area contributed by atoms with Crippen molar-refractivity contribution in [2.75, 3.05) is 6.54 Å². The maximum atomic E-state index is 5.31. The Balaban J connectivity index is 1.75. The van der Waals surface area contributed by atoms with Crippen LogP contribution in [-0.4, -0.2) is 6.54 Å². The molecular formula is C14H23NO. The van der Waals surface area contributed by atoms with Crippen molar-refractivity contribution in [3.63, 3.8) is 0 Å². The lowest BCUT2D eigenvalue weighted by Crippen LogP contribution is -2.34. The zero-order chi connectivity index (χ0) is 11.4. The molecule has 1 aliphatic carbocycles. The van der Waals surface area contributed by atoms with Gasteiger partial charge in [-0.25, -0.2) is 0 Å². The Labute approximate surface area is 98.4 Å². The molecule has 0 unspecified atom stereocenters. The quantitative estimate of drug-likeness (QED) is 0.822. The molecule has 1 aliphatic rings. The highest BCUT2D eigenvalue weighted by Crippen LogP contribution is 2.38. The van der Waals surface area contributed by atoms with Crippen molar-refractivity contribution >= 4 is 0 Å². The Morgan fingerprint density at radius 3 is 2.75 bits per heavy atom. The van der Waals surface area contributed by atoms with Crippen molar-refractivity contribution < 1.29 is 4.42 Å². The SMILES string of the molecule is CC(C)(CNCc1ccco1)C1CCCC1. The number of rotatable bonds is 5. The largest absolute Gasteiger partial charge is 0.468 e. The second-order valence-corrected chi connectivity index (χ2v) is 5.65. The van der Waals surface area contributed by atoms with Gasteiger partial charge < -0.3 is 9.73 Å². The van der Waals surface area contributed by atoms with E-state index in [9.17, 15) is 0 Å². The summed E-state index contributed by atoms with van der Waals surface area (Å²) in [5.74, 6) is 1.93. The summed E-state index contributed by atoms with van der Waals surface area (Å²) in [5, 5.41) is 3.51. The lowest BCUT2D eigenvalue weighted by molar-refractivity contribution is 0.206. The molecule has 1 N–H and O–H groups in total. The minimum Gasteiger partial charge on any atom is -0.468 e. The van der Waals surface area contributed by atoms with Crippen LogP contribution in [0.25, 0.3) is 0 Å². The Morgan fingerprint density at radius 2 is 2.12 bits per heavy atom. The molecule has 1 aromatic rings. The van der Waals surface area contributed by atoms with Crippen molar-refractivity contribution in [1.29, 1.82) is 0 Å². The Kier molecular flexibility index (Phi) is 3.70. The monoisotopic (exact) mass is 221 g/mol. The molecule has 0 aromatic carbocycles. The third kappa shape index (κ3) is 2.88. The third-order valence-electron chi connectivity index (χ3n) is 3.92. The molecule has 0 amide bonds. The van der Waals surface area contributed by atoms with Gasteiger partial charge in [-0.15, -0.1) is 0 Å². The second kappa shape index (κ2) is 5.05. The molecule has 1 heterocycles. The minimum absolute atomic E-state index is 0.420. The first-order chi connectivity index (χ1) is 7.68. The van der Waals surface area contributed by atoms with Gasteiger partial charge >= 0.3 is 0 Å². The highest BCUT2D eigenvalue weighted by atomic mass is 16.3. The van der Waals surface area contributed by atoms with Gasteiger partial charge in [0.05, 0.1) is 12.8 Å². The van der Waals surface area contributed by atoms with Crippen LogP contribution in [0.1, 0.15) is 45.3 Å². The number of nitrogens with one attached hydrogen (secondary N) is 1. The van der Waals surface area contributed by atoms with Gasteiger partial charge in [-0.2, -0.15) is 0 Å². The first-order valence-corrected chi connectivity index (χ1v) is 6.41. The molecule has 0 spiro atoms. The van der Waals surface area contributed by atoms with Crippen LogP contribution in [0.2, 0.25) is 0 Å². The number of furan rings is 1. The zero-order valence-corrected chi connectivity index (χ0v) is 10.5. The second-order valence-electron chi connectivity index (χ2n) is 5.65. The van der Waals surface area contributed by atoms with E-state index in [4.69, 9.17) is 4.42 Å². The van der Waals surface area contributed by atoms with E-state index in [-0.39, 0.29) is 0 Å². The van der Waals surface area contributed by atoms with Gasteiger partial charge in [-0.05, 0) is 36.3 Å². The molecule has 2 heteroatoms. The summed E-state index contributed by atoms with van der Waals surface area (Å²) in [6.07, 6.45) is 7.41. The summed E-state index contributed by atoms with van der Waals surface area (Å²) in [7, 11) is 0. The predicted molar refractivity (Wildman–Crippen MR) is 66.2 cm³/mol. The van der Waals surface area contributed by atoms with E-state index in [0.29, 0.717) is 5.41 Å². The molecule has 0 radical (unpaired) electrons. The summed E-state index contributed by atoms with van der Waals surface area (Å²) in [4.78, 5) is 0. The molecule has 0 saturated heterocycles. The Hall–Kier alpha value is -0.760. The maximum absolute atomic E-state index is 5.31. The van der Waals surface area contributed by atoms with Gasteiger partial charge in [0.2, 0.25) is 0 Å². The molecule has 16 heavy (non-hydrogen) atoms. The van der Waals surface area contributed by atoms with Gasteiger partial charge in [0.25, 0.3) is 0 Å². The van der Waals surface area contributed by atoms with E-state index in [1.54, 1.807) is 6.26 Å². The molecule has 90 valence electrons. The third-order valence-corrected chi connectivity index (χ3v) is 3.92. The van der Waals surface area contributed by atoms with Crippen molar-refractivity contribution in [2.24, 2.45) is 11.3 Å². The van der Waals surface area contributed by atoms with E-state index in [1.807, 2.05) is 12.1 Å². The minimum atomic E-state index is 0.420. The molecule has 1 aromatic heterocycles. The fourth-order valence-electron chi connectivity index (χ4n) is 2.77. The first kappa shape index (κ1) is 11.7. The number of hydrogen-bond acceptors (Lipinski definition) is 2. The van der Waals surface area contributed by atoms with E-state index < -0.39 is 0 Å². The summed E-state index contributed by atoms with van der Waals surface area (Å²) in [5.41, 5.74) is 0.420. The van der Waals surface area contributed by atoms with Crippen LogP contribution in [0.3, 0.4) is 0 Å². The number of hydrogen-bond donors (Lipinski definition) is 1. The molecule has 2 nitrogen and oxygen atoms in total. The smallest absolute Gasteiger partial charge is 0.117 e. The van der Waals surface area contributed by atoms with Gasteiger partial charge in [0.1, 0.15) is 5.76 Å². The highest BCUT2D eigenvalue weighted by molar-refractivity contribution is 4.97. The van der Waals surface area contributed by atoms with Crippen LogP contribution in [-0.2, 0) is 6.54 Å². The average Bonchev–Trinajstić information content (AvgIpc) is 2.90. The standard InChI is InChI=1S/C14H23NO/c1-14(2,12-6-3-4-7-12)11-15-10-13-8-5-9-16-13/h5,8-9,12,15H,3-4,6-7,10-11H2,1-2H3. The van der Waals surface area contributed by atoms with E-state index in [0.717, 1.165) is 24.8 Å². The van der Waals surface area contributed by atoms with Gasteiger partial charge in [-0.1, -0.05) is 26.7 Å². The van der Waals surface area contributed by atoms with E-state index in [1.165, 1.54) is 25.7 Å². The van der Waals surface area contributed by atoms with Crippen LogP contribution in [0.15, 0.2) is 22.8 Å². The Bertz CT molecular complexity index is 297. The van der Waals surface area contributed by atoms with Crippen LogP contribution in [0, 0.1) is 11.3 Å². The topological polar surface area (TPSA) is 25.2 Å². The zero-order valence-electron chi connectivity index (χ0n) is 10.5. The fraction of sp³-hybridized carbons (Fsp3) is 0.714. The first-order valence-electron chi connectivity index (χ1n) is 6.41. The molecule has 0 aliphatic heterocycles. The average molecular weight is 221 g/mol. The maximum Gasteiger partial charge on any atom is 0.117 e. The molecule has 1 fully saturated rings. The van der Waals surface area contributed by atoms with Crippen molar-refractivity contribution in [2.45, 2.75) is 46.1 Å². The van der Waals surface area contributed by atoms with Gasteiger partial charge in [0, 0.05) is 6.54 Å². The fourth-order valence-corrected chi connectivity index (χ4v) is 2.77. The van der Waals surface area contributed by atoms with Crippen LogP contribution in [0.5, 0.6) is 0 Å². The lowest BCUT2D eigenvalue weighted by atomic mass is 9.78. The normalized spacial score (nSPS) is 18.1. The summed E-state index contributed by atoms with van der Waals surface area (Å²) >= 11 is 0. The van der Waals surface area contributed by atoms with E-state index in [2.05, 4.69) is 19.2 Å². The van der Waals surface area contributed by atoms with Crippen molar-refractivity contribution in [1.82, 2.24) is 5.32 Å². The van der Waals surface area contributed by atoms with E-state index >= 15 is 0 Å². The summed E-state index contributed by atoms with van der Waals surface area (Å²) in [6, 6.07) is 3.97. The lowest BCUT2D eigenvalue weighted by Gasteiger charge is -2.31. The molecule has 0 bridgehead atoms. The van der Waals surface area contributed by atoms with Crippen molar-refractivity contribution in [3.05, 3.63) is 24.2 Å². The molecule has 1 saturated carbocycles. The van der Waals surface area contributed by atoms with Crippen molar-refractivity contribution in [3.8, 4) is 0 Å². The molecule has 0 atom stereocenters. The summed E-state index contributed by atoms with van der Waals surface area (Å²) in [6.45, 7) is 6.71. The Morgan fingerprint density at radius 1 is 1.38 bits per heavy atom. The van der Waals surface area contributed by atoms with Crippen LogP contribution >= 0.6 is 0 Å². The molecular weight excluding hydrogens is 198 g/mol. The summed E-state index contributed by atoms with van der Waals surface area (Å²) < 4.78 is 5.31. The highest BCUT2D eigenvalue weighted by Gasteiger charge is 2.31. The van der Waals surface area contributed by atoms with Gasteiger partial charge in [-0.3, -0.25) is 0 Å². The molecule has 2 rings (SSSR count). The van der Waals surface area contributed by atoms with Crippen LogP contribution < -0.4 is 5.32 Å². The van der Waals surface area contributed by atoms with Gasteiger partial charge in [0.15, 0.2) is 0 Å². The van der Waals surface area contributed by atoms with Crippen LogP contribution in [0.4, 0.5) is 0 Å². The predicted octanol–water partition coefficient (Wildman–Crippen LogP) is 3.59.